The maximum atomic E-state index is 14.0. The number of ether oxygens (including phenoxy) is 4. The van der Waals surface area contributed by atoms with Crippen LogP contribution in [0, 0.1) is 10.1 Å². The summed E-state index contributed by atoms with van der Waals surface area (Å²) in [6, 6.07) is 9.01. The molecule has 1 fully saturated rings. The van der Waals surface area contributed by atoms with E-state index in [1.165, 1.54) is 30.0 Å². The molecule has 2 aliphatic heterocycles. The Labute approximate surface area is 244 Å². The van der Waals surface area contributed by atoms with Crippen LogP contribution in [-0.4, -0.2) is 62.1 Å². The minimum absolute atomic E-state index is 0.0882. The lowest BCUT2D eigenvalue weighted by molar-refractivity contribution is -0.384. The fourth-order valence-electron chi connectivity index (χ4n) is 4.99. The molecule has 1 atom stereocenters. The lowest BCUT2D eigenvalue weighted by Gasteiger charge is -2.30. The molecule has 0 bridgehead atoms. The summed E-state index contributed by atoms with van der Waals surface area (Å²) in [6.07, 6.45) is 3.05. The number of thiazole rings is 1. The van der Waals surface area contributed by atoms with Crippen molar-refractivity contribution in [3.8, 4) is 11.5 Å². The molecular formula is C29H30N4O8S. The quantitative estimate of drug-likeness (QED) is 0.208. The molecule has 0 amide bonds. The van der Waals surface area contributed by atoms with Crippen LogP contribution in [0.15, 0.2) is 58.0 Å². The molecule has 5 rings (SSSR count). The number of esters is 1. The number of benzene rings is 2. The van der Waals surface area contributed by atoms with E-state index in [-0.39, 0.29) is 11.3 Å². The molecule has 0 aliphatic carbocycles. The topological polar surface area (TPSA) is 135 Å². The summed E-state index contributed by atoms with van der Waals surface area (Å²) >= 11 is 1.13. The fourth-order valence-corrected chi connectivity index (χ4v) is 5.95. The highest BCUT2D eigenvalue weighted by molar-refractivity contribution is 7.07. The normalized spacial score (nSPS) is 16.7. The van der Waals surface area contributed by atoms with Crippen molar-refractivity contribution >= 4 is 34.8 Å². The van der Waals surface area contributed by atoms with Crippen molar-refractivity contribution in [3.63, 3.8) is 0 Å². The van der Waals surface area contributed by atoms with Crippen molar-refractivity contribution in [1.82, 2.24) is 4.57 Å². The minimum atomic E-state index is -0.852. The SMILES string of the molecule is CCOc1ccc([C@@H]2C(C(=O)OC)=CN=c3s/c(=C\c4cc([N+](=O)[O-])ccc4N4CCOCC4)c(=O)n32)cc1OCC. The van der Waals surface area contributed by atoms with Gasteiger partial charge in [0.25, 0.3) is 11.2 Å². The van der Waals surface area contributed by atoms with Gasteiger partial charge in [0, 0.05) is 42.7 Å². The van der Waals surface area contributed by atoms with E-state index >= 15 is 0 Å². The number of nitro benzene ring substituents is 1. The molecule has 2 aliphatic rings. The van der Waals surface area contributed by atoms with E-state index < -0.39 is 22.5 Å². The highest BCUT2D eigenvalue weighted by Crippen LogP contribution is 2.35. The van der Waals surface area contributed by atoms with Crippen LogP contribution in [0.4, 0.5) is 11.4 Å². The van der Waals surface area contributed by atoms with Crippen LogP contribution in [0.3, 0.4) is 0 Å². The number of aromatic nitrogens is 1. The number of fused-ring (bicyclic) bond motifs is 1. The number of non-ortho nitro benzene ring substituents is 1. The van der Waals surface area contributed by atoms with Gasteiger partial charge in [0.15, 0.2) is 16.3 Å². The summed E-state index contributed by atoms with van der Waals surface area (Å²) in [6.45, 7) is 6.83. The summed E-state index contributed by atoms with van der Waals surface area (Å²) in [4.78, 5) is 44.9. The van der Waals surface area contributed by atoms with Crippen LogP contribution in [0.25, 0.3) is 6.08 Å². The van der Waals surface area contributed by atoms with Crippen molar-refractivity contribution in [3.05, 3.63) is 89.1 Å². The Morgan fingerprint density at radius 2 is 1.88 bits per heavy atom. The fraction of sp³-hybridized carbons (Fsp3) is 0.345. The Morgan fingerprint density at radius 3 is 2.57 bits per heavy atom. The van der Waals surface area contributed by atoms with Gasteiger partial charge >= 0.3 is 5.97 Å². The zero-order chi connectivity index (χ0) is 29.8. The zero-order valence-electron chi connectivity index (χ0n) is 23.4. The third kappa shape index (κ3) is 5.65. The predicted molar refractivity (Wildman–Crippen MR) is 156 cm³/mol. The van der Waals surface area contributed by atoms with Crippen molar-refractivity contribution < 1.29 is 28.7 Å². The number of rotatable bonds is 9. The van der Waals surface area contributed by atoms with Gasteiger partial charge in [-0.05, 0) is 43.7 Å². The van der Waals surface area contributed by atoms with Gasteiger partial charge in [0.2, 0.25) is 0 Å². The largest absolute Gasteiger partial charge is 0.490 e. The Morgan fingerprint density at radius 1 is 1.14 bits per heavy atom. The molecule has 220 valence electrons. The first-order valence-corrected chi connectivity index (χ1v) is 14.3. The third-order valence-corrected chi connectivity index (χ3v) is 7.87. The van der Waals surface area contributed by atoms with E-state index in [1.807, 2.05) is 13.8 Å². The van der Waals surface area contributed by atoms with Crippen LogP contribution in [0.5, 0.6) is 11.5 Å². The number of anilines is 1. The number of carbonyl (C=O) groups is 1. The van der Waals surface area contributed by atoms with Crippen LogP contribution in [0.2, 0.25) is 0 Å². The molecule has 3 aromatic rings. The minimum Gasteiger partial charge on any atom is -0.490 e. The Bertz CT molecular complexity index is 1720. The monoisotopic (exact) mass is 594 g/mol. The van der Waals surface area contributed by atoms with E-state index in [1.54, 1.807) is 30.3 Å². The summed E-state index contributed by atoms with van der Waals surface area (Å²) in [5, 5.41) is 11.6. The van der Waals surface area contributed by atoms with E-state index in [0.717, 1.165) is 17.0 Å². The number of nitrogens with zero attached hydrogens (tertiary/aromatic N) is 4. The van der Waals surface area contributed by atoms with Gasteiger partial charge in [-0.1, -0.05) is 17.4 Å². The van der Waals surface area contributed by atoms with E-state index in [4.69, 9.17) is 18.9 Å². The molecule has 0 saturated carbocycles. The Hall–Kier alpha value is -4.49. The van der Waals surface area contributed by atoms with Gasteiger partial charge in [-0.15, -0.1) is 0 Å². The lowest BCUT2D eigenvalue weighted by Crippen LogP contribution is -2.39. The third-order valence-electron chi connectivity index (χ3n) is 6.87. The lowest BCUT2D eigenvalue weighted by atomic mass is 9.97. The highest BCUT2D eigenvalue weighted by atomic mass is 32.1. The smallest absolute Gasteiger partial charge is 0.337 e. The first-order valence-electron chi connectivity index (χ1n) is 13.5. The van der Waals surface area contributed by atoms with Crippen molar-refractivity contribution in [2.45, 2.75) is 19.9 Å². The molecule has 1 saturated heterocycles. The maximum Gasteiger partial charge on any atom is 0.337 e. The van der Waals surface area contributed by atoms with Crippen molar-refractivity contribution in [2.24, 2.45) is 4.99 Å². The van der Waals surface area contributed by atoms with Gasteiger partial charge in [-0.25, -0.2) is 9.79 Å². The van der Waals surface area contributed by atoms with Crippen LogP contribution in [0.1, 0.15) is 31.0 Å². The Balaban J connectivity index is 1.68. The molecule has 2 aromatic carbocycles. The summed E-state index contributed by atoms with van der Waals surface area (Å²) < 4.78 is 23.8. The van der Waals surface area contributed by atoms with Gasteiger partial charge in [0.05, 0.1) is 54.6 Å². The number of hydrogen-bond acceptors (Lipinski definition) is 11. The van der Waals surface area contributed by atoms with Crippen molar-refractivity contribution in [1.29, 1.82) is 0 Å². The second kappa shape index (κ2) is 12.6. The summed E-state index contributed by atoms with van der Waals surface area (Å²) in [7, 11) is 1.27. The average Bonchev–Trinajstić information content (AvgIpc) is 3.32. The van der Waals surface area contributed by atoms with E-state index in [0.29, 0.717) is 71.5 Å². The summed E-state index contributed by atoms with van der Waals surface area (Å²) in [5.74, 6) is 0.394. The number of nitro groups is 1. The Kier molecular flexibility index (Phi) is 8.69. The van der Waals surface area contributed by atoms with Gasteiger partial charge in [0.1, 0.15) is 0 Å². The second-order valence-corrected chi connectivity index (χ2v) is 10.4. The molecule has 0 radical (unpaired) electrons. The molecule has 0 N–H and O–H groups in total. The molecule has 0 spiro atoms. The van der Waals surface area contributed by atoms with Crippen LogP contribution < -0.4 is 29.3 Å². The van der Waals surface area contributed by atoms with Crippen molar-refractivity contribution in [2.75, 3.05) is 51.5 Å². The first-order chi connectivity index (χ1) is 20.4. The average molecular weight is 595 g/mol. The standard InChI is InChI=1S/C29H30N4O8S/c1-4-40-23-9-6-18(15-24(23)41-5-2)26-21(28(35)38-3)17-30-29-32(26)27(34)25(42-29)16-19-14-20(33(36)37)7-8-22(19)31-10-12-39-13-11-31/h6-9,14-17,26H,4-5,10-13H2,1-3H3/b25-16-/t26-/m1/s1. The van der Waals surface area contributed by atoms with E-state index in [9.17, 15) is 19.7 Å². The number of hydrogen-bond donors (Lipinski definition) is 0. The molecule has 3 heterocycles. The number of methoxy groups -OCH3 is 1. The molecule has 1 aromatic heterocycles. The molecule has 42 heavy (non-hydrogen) atoms. The second-order valence-electron chi connectivity index (χ2n) is 9.35. The van der Waals surface area contributed by atoms with Gasteiger partial charge < -0.3 is 23.8 Å². The van der Waals surface area contributed by atoms with E-state index in [2.05, 4.69) is 9.89 Å². The predicted octanol–water partition coefficient (Wildman–Crippen LogP) is 2.56. The first kappa shape index (κ1) is 29.0. The van der Waals surface area contributed by atoms with Gasteiger partial charge in [-0.2, -0.15) is 0 Å². The highest BCUT2D eigenvalue weighted by Gasteiger charge is 2.31. The van der Waals surface area contributed by atoms with Gasteiger partial charge in [-0.3, -0.25) is 19.5 Å². The molecular weight excluding hydrogens is 564 g/mol. The summed E-state index contributed by atoms with van der Waals surface area (Å²) in [5.41, 5.74) is 1.58. The number of carbonyl (C=O) groups excluding carboxylic acids is 1. The maximum absolute atomic E-state index is 14.0. The molecule has 13 heteroatoms. The zero-order valence-corrected chi connectivity index (χ0v) is 24.2. The molecule has 0 unspecified atom stereocenters. The number of morpholine rings is 1. The molecule has 12 nitrogen and oxygen atoms in total. The van der Waals surface area contributed by atoms with Crippen LogP contribution in [-0.2, 0) is 14.3 Å². The van der Waals surface area contributed by atoms with Crippen LogP contribution >= 0.6 is 11.3 Å².